The van der Waals surface area contributed by atoms with Crippen molar-refractivity contribution in [1.29, 1.82) is 0 Å². The molecule has 0 aliphatic carbocycles. The van der Waals surface area contributed by atoms with E-state index >= 15 is 0 Å². The van der Waals surface area contributed by atoms with Crippen molar-refractivity contribution in [2.45, 2.75) is 27.3 Å². The van der Waals surface area contributed by atoms with Crippen LogP contribution in [0, 0.1) is 13.8 Å². The molecule has 0 aromatic heterocycles. The highest BCUT2D eigenvalue weighted by molar-refractivity contribution is 5.73. The lowest BCUT2D eigenvalue weighted by atomic mass is 10.0. The molecule has 0 saturated carbocycles. The maximum atomic E-state index is 11.2. The molecule has 3 heteroatoms. The molecule has 1 aliphatic rings. The van der Waals surface area contributed by atoms with Crippen molar-refractivity contribution in [3.05, 3.63) is 28.8 Å². The average Bonchev–Trinajstić information content (AvgIpc) is 2.16. The maximum Gasteiger partial charge on any atom is 0.222 e. The van der Waals surface area contributed by atoms with Gasteiger partial charge in [0.25, 0.3) is 0 Å². The molecule has 1 heterocycles. The van der Waals surface area contributed by atoms with Crippen molar-refractivity contribution in [2.75, 3.05) is 6.73 Å². The van der Waals surface area contributed by atoms with E-state index in [2.05, 4.69) is 13.0 Å². The molecule has 1 aromatic rings. The van der Waals surface area contributed by atoms with Crippen molar-refractivity contribution >= 4 is 5.91 Å². The molecule has 0 spiro atoms. The number of carbonyl (C=O) groups is 1. The fraction of sp³-hybridized carbons (Fsp3) is 0.417. The van der Waals surface area contributed by atoms with Crippen molar-refractivity contribution in [3.8, 4) is 5.75 Å². The highest BCUT2D eigenvalue weighted by Crippen LogP contribution is 2.29. The zero-order valence-corrected chi connectivity index (χ0v) is 9.33. The van der Waals surface area contributed by atoms with Gasteiger partial charge in [-0.25, -0.2) is 0 Å². The third-order valence-electron chi connectivity index (χ3n) is 2.75. The van der Waals surface area contributed by atoms with Gasteiger partial charge in [-0.15, -0.1) is 0 Å². The van der Waals surface area contributed by atoms with Crippen LogP contribution in [0.3, 0.4) is 0 Å². The van der Waals surface area contributed by atoms with Gasteiger partial charge in [-0.05, 0) is 31.0 Å². The Morgan fingerprint density at radius 1 is 1.40 bits per heavy atom. The Morgan fingerprint density at radius 2 is 2.13 bits per heavy atom. The zero-order valence-electron chi connectivity index (χ0n) is 9.33. The highest BCUT2D eigenvalue weighted by Gasteiger charge is 2.20. The summed E-state index contributed by atoms with van der Waals surface area (Å²) >= 11 is 0. The number of nitrogens with zero attached hydrogens (tertiary/aromatic N) is 1. The van der Waals surface area contributed by atoms with Crippen molar-refractivity contribution in [3.63, 3.8) is 0 Å². The minimum absolute atomic E-state index is 0.0561. The number of aryl methyl sites for hydroxylation is 2. The Balaban J connectivity index is 2.37. The lowest BCUT2D eigenvalue weighted by Crippen LogP contribution is -2.35. The molecule has 0 fully saturated rings. The summed E-state index contributed by atoms with van der Waals surface area (Å²) in [6.07, 6.45) is 0. The van der Waals surface area contributed by atoms with E-state index in [0.717, 1.165) is 11.3 Å². The van der Waals surface area contributed by atoms with E-state index in [1.807, 2.05) is 13.0 Å². The van der Waals surface area contributed by atoms with Crippen LogP contribution in [0.1, 0.15) is 23.6 Å². The first-order valence-electron chi connectivity index (χ1n) is 5.06. The fourth-order valence-electron chi connectivity index (χ4n) is 1.88. The normalized spacial score (nSPS) is 14.5. The van der Waals surface area contributed by atoms with Crippen LogP contribution >= 0.6 is 0 Å². The minimum Gasteiger partial charge on any atom is -0.473 e. The third-order valence-corrected chi connectivity index (χ3v) is 2.75. The Hall–Kier alpha value is -1.51. The summed E-state index contributed by atoms with van der Waals surface area (Å²) < 4.78 is 5.56. The Morgan fingerprint density at radius 3 is 2.80 bits per heavy atom. The summed E-state index contributed by atoms with van der Waals surface area (Å²) in [5.41, 5.74) is 3.51. The van der Waals surface area contributed by atoms with Gasteiger partial charge in [0.15, 0.2) is 6.73 Å². The molecular weight excluding hydrogens is 190 g/mol. The topological polar surface area (TPSA) is 29.5 Å². The first-order valence-corrected chi connectivity index (χ1v) is 5.06. The standard InChI is InChI=1S/C12H15NO2/c1-8-4-9(2)11-6-13(10(3)14)7-15-12(11)5-8/h4-5H,6-7H2,1-3H3. The van der Waals surface area contributed by atoms with Crippen LogP contribution in [0.5, 0.6) is 5.75 Å². The summed E-state index contributed by atoms with van der Waals surface area (Å²) in [7, 11) is 0. The van der Waals surface area contributed by atoms with E-state index in [1.54, 1.807) is 11.8 Å². The van der Waals surface area contributed by atoms with Crippen LogP contribution in [-0.4, -0.2) is 17.5 Å². The second kappa shape index (κ2) is 3.57. The van der Waals surface area contributed by atoms with Crippen LogP contribution in [0.2, 0.25) is 0 Å². The van der Waals surface area contributed by atoms with Gasteiger partial charge < -0.3 is 9.64 Å². The number of fused-ring (bicyclic) bond motifs is 1. The van der Waals surface area contributed by atoms with Gasteiger partial charge >= 0.3 is 0 Å². The van der Waals surface area contributed by atoms with E-state index in [4.69, 9.17) is 4.74 Å². The SMILES string of the molecule is CC(=O)N1COc2cc(C)cc(C)c2C1. The average molecular weight is 205 g/mol. The van der Waals surface area contributed by atoms with Crippen molar-refractivity contribution < 1.29 is 9.53 Å². The molecule has 0 bridgehead atoms. The number of carbonyl (C=O) groups excluding carboxylic acids is 1. The van der Waals surface area contributed by atoms with Crippen molar-refractivity contribution in [1.82, 2.24) is 4.90 Å². The molecule has 0 atom stereocenters. The van der Waals surface area contributed by atoms with E-state index in [-0.39, 0.29) is 5.91 Å². The van der Waals surface area contributed by atoms with E-state index in [9.17, 15) is 4.79 Å². The maximum absolute atomic E-state index is 11.2. The molecular formula is C12H15NO2. The van der Waals surface area contributed by atoms with Gasteiger partial charge in [-0.3, -0.25) is 4.79 Å². The number of ether oxygens (including phenoxy) is 1. The molecule has 15 heavy (non-hydrogen) atoms. The van der Waals surface area contributed by atoms with Crippen LogP contribution in [0.25, 0.3) is 0 Å². The highest BCUT2D eigenvalue weighted by atomic mass is 16.5. The van der Waals surface area contributed by atoms with Gasteiger partial charge in [0, 0.05) is 12.5 Å². The molecule has 1 aliphatic heterocycles. The molecule has 0 radical (unpaired) electrons. The zero-order chi connectivity index (χ0) is 11.0. The molecule has 2 rings (SSSR count). The van der Waals surface area contributed by atoms with Gasteiger partial charge in [-0.1, -0.05) is 6.07 Å². The van der Waals surface area contributed by atoms with Gasteiger partial charge in [-0.2, -0.15) is 0 Å². The largest absolute Gasteiger partial charge is 0.473 e. The van der Waals surface area contributed by atoms with Gasteiger partial charge in [0.1, 0.15) is 5.75 Å². The number of benzene rings is 1. The summed E-state index contributed by atoms with van der Waals surface area (Å²) in [5, 5.41) is 0. The minimum atomic E-state index is 0.0561. The fourth-order valence-corrected chi connectivity index (χ4v) is 1.88. The van der Waals surface area contributed by atoms with Gasteiger partial charge in [0.2, 0.25) is 5.91 Å². The summed E-state index contributed by atoms with van der Waals surface area (Å²) in [6, 6.07) is 4.14. The first kappa shape index (κ1) is 10.0. The Kier molecular flexibility index (Phi) is 2.39. The number of hydrogen-bond donors (Lipinski definition) is 0. The Bertz CT molecular complexity index is 412. The monoisotopic (exact) mass is 205 g/mol. The van der Waals surface area contributed by atoms with Crippen LogP contribution < -0.4 is 4.74 Å². The first-order chi connectivity index (χ1) is 7.08. The van der Waals surface area contributed by atoms with E-state index in [1.165, 1.54) is 11.1 Å². The molecule has 1 aromatic carbocycles. The van der Waals surface area contributed by atoms with Crippen molar-refractivity contribution in [2.24, 2.45) is 0 Å². The summed E-state index contributed by atoms with van der Waals surface area (Å²) in [6.45, 7) is 6.70. The second-order valence-corrected chi connectivity index (χ2v) is 4.05. The van der Waals surface area contributed by atoms with Crippen LogP contribution in [-0.2, 0) is 11.3 Å². The predicted octanol–water partition coefficient (Wildman–Crippen LogP) is 2.00. The van der Waals surface area contributed by atoms with E-state index in [0.29, 0.717) is 13.3 Å². The smallest absolute Gasteiger partial charge is 0.222 e. The lowest BCUT2D eigenvalue weighted by molar-refractivity contribution is -0.133. The van der Waals surface area contributed by atoms with Crippen LogP contribution in [0.15, 0.2) is 12.1 Å². The van der Waals surface area contributed by atoms with Crippen LogP contribution in [0.4, 0.5) is 0 Å². The summed E-state index contributed by atoms with van der Waals surface area (Å²) in [5.74, 6) is 0.977. The summed E-state index contributed by atoms with van der Waals surface area (Å²) in [4.78, 5) is 12.9. The third kappa shape index (κ3) is 1.82. The number of rotatable bonds is 0. The number of hydrogen-bond acceptors (Lipinski definition) is 2. The molecule has 0 N–H and O–H groups in total. The lowest BCUT2D eigenvalue weighted by Gasteiger charge is -2.29. The predicted molar refractivity (Wildman–Crippen MR) is 57.6 cm³/mol. The second-order valence-electron chi connectivity index (χ2n) is 4.05. The molecule has 3 nitrogen and oxygen atoms in total. The molecule has 80 valence electrons. The quantitative estimate of drug-likeness (QED) is 0.648. The molecule has 0 saturated heterocycles. The molecule has 1 amide bonds. The van der Waals surface area contributed by atoms with Gasteiger partial charge in [0.05, 0.1) is 6.54 Å². The Labute approximate surface area is 89.7 Å². The molecule has 0 unspecified atom stereocenters. The van der Waals surface area contributed by atoms with E-state index < -0.39 is 0 Å². The number of amides is 1.